The maximum absolute atomic E-state index is 11.9. The number of benzene rings is 2. The first-order chi connectivity index (χ1) is 11.2. The summed E-state index contributed by atoms with van der Waals surface area (Å²) in [5, 5.41) is 9.74. The molecular weight excluding hydrogens is 290 g/mol. The van der Waals surface area contributed by atoms with Crippen molar-refractivity contribution in [3.63, 3.8) is 0 Å². The van der Waals surface area contributed by atoms with Crippen molar-refractivity contribution in [3.05, 3.63) is 66.2 Å². The molecule has 5 nitrogen and oxygen atoms in total. The fourth-order valence-electron chi connectivity index (χ4n) is 2.19. The molecule has 0 aliphatic carbocycles. The van der Waals surface area contributed by atoms with Gasteiger partial charge in [0.1, 0.15) is 5.75 Å². The van der Waals surface area contributed by atoms with Gasteiger partial charge in [-0.2, -0.15) is 5.10 Å². The number of hydrogen-bond acceptors (Lipinski definition) is 3. The van der Waals surface area contributed by atoms with E-state index in [1.54, 1.807) is 18.2 Å². The first-order valence-corrected chi connectivity index (χ1v) is 7.31. The van der Waals surface area contributed by atoms with Crippen molar-refractivity contribution >= 4 is 11.7 Å². The van der Waals surface area contributed by atoms with Crippen LogP contribution in [0.5, 0.6) is 5.75 Å². The molecule has 0 aliphatic heterocycles. The lowest BCUT2D eigenvalue weighted by Gasteiger charge is -2.05. The van der Waals surface area contributed by atoms with Crippen LogP contribution in [-0.2, 0) is 4.79 Å². The SMILES string of the molecule is Cc1cccc(-c2cc(NC(=O)COc3ccccc3)n[nH]2)c1. The molecular formula is C18H17N3O2. The van der Waals surface area contributed by atoms with Crippen molar-refractivity contribution in [1.82, 2.24) is 10.2 Å². The minimum atomic E-state index is -0.254. The molecule has 2 aromatic carbocycles. The molecule has 3 rings (SSSR count). The smallest absolute Gasteiger partial charge is 0.263 e. The third-order valence-corrected chi connectivity index (χ3v) is 3.29. The topological polar surface area (TPSA) is 67.0 Å². The number of H-pyrrole nitrogens is 1. The minimum absolute atomic E-state index is 0.0589. The maximum Gasteiger partial charge on any atom is 0.263 e. The van der Waals surface area contributed by atoms with Crippen molar-refractivity contribution < 1.29 is 9.53 Å². The van der Waals surface area contributed by atoms with Crippen LogP contribution in [0.3, 0.4) is 0 Å². The molecule has 0 bridgehead atoms. The second-order valence-corrected chi connectivity index (χ2v) is 5.19. The molecule has 1 amide bonds. The highest BCUT2D eigenvalue weighted by molar-refractivity contribution is 5.91. The summed E-state index contributed by atoms with van der Waals surface area (Å²) in [6, 6.07) is 19.1. The fraction of sp³-hybridized carbons (Fsp3) is 0.111. The van der Waals surface area contributed by atoms with Gasteiger partial charge in [0, 0.05) is 6.07 Å². The second-order valence-electron chi connectivity index (χ2n) is 5.19. The van der Waals surface area contributed by atoms with E-state index in [4.69, 9.17) is 4.74 Å². The number of nitrogens with one attached hydrogen (secondary N) is 2. The van der Waals surface area contributed by atoms with Gasteiger partial charge < -0.3 is 10.1 Å². The fourth-order valence-corrected chi connectivity index (χ4v) is 2.19. The van der Waals surface area contributed by atoms with Gasteiger partial charge in [-0.3, -0.25) is 9.89 Å². The highest BCUT2D eigenvalue weighted by Crippen LogP contribution is 2.20. The largest absolute Gasteiger partial charge is 0.484 e. The van der Waals surface area contributed by atoms with Crippen LogP contribution in [0, 0.1) is 6.92 Å². The summed E-state index contributed by atoms with van der Waals surface area (Å²) in [5.74, 6) is 0.879. The number of carbonyl (C=O) groups excluding carboxylic acids is 1. The van der Waals surface area contributed by atoms with E-state index in [1.807, 2.05) is 43.3 Å². The molecule has 5 heteroatoms. The van der Waals surface area contributed by atoms with Gasteiger partial charge in [0.15, 0.2) is 12.4 Å². The van der Waals surface area contributed by atoms with Crippen LogP contribution in [0.4, 0.5) is 5.82 Å². The van der Waals surface area contributed by atoms with E-state index in [1.165, 1.54) is 5.56 Å². The van der Waals surface area contributed by atoms with E-state index >= 15 is 0 Å². The summed E-state index contributed by atoms with van der Waals surface area (Å²) >= 11 is 0. The maximum atomic E-state index is 11.9. The Morgan fingerprint density at radius 3 is 2.74 bits per heavy atom. The Morgan fingerprint density at radius 1 is 1.13 bits per heavy atom. The molecule has 0 saturated heterocycles. The highest BCUT2D eigenvalue weighted by atomic mass is 16.5. The molecule has 0 saturated carbocycles. The average Bonchev–Trinajstić information content (AvgIpc) is 3.02. The number of carbonyl (C=O) groups is 1. The van der Waals surface area contributed by atoms with Crippen molar-refractivity contribution in [3.8, 4) is 17.0 Å². The van der Waals surface area contributed by atoms with E-state index in [9.17, 15) is 4.79 Å². The Kier molecular flexibility index (Phi) is 4.38. The molecule has 0 fully saturated rings. The molecule has 0 aliphatic rings. The number of aryl methyl sites for hydroxylation is 1. The number of aromatic nitrogens is 2. The number of amides is 1. The predicted molar refractivity (Wildman–Crippen MR) is 89.3 cm³/mol. The lowest BCUT2D eigenvalue weighted by atomic mass is 10.1. The quantitative estimate of drug-likeness (QED) is 0.759. The third kappa shape index (κ3) is 3.97. The molecule has 0 radical (unpaired) electrons. The van der Waals surface area contributed by atoms with E-state index < -0.39 is 0 Å². The van der Waals surface area contributed by atoms with Gasteiger partial charge >= 0.3 is 0 Å². The van der Waals surface area contributed by atoms with Crippen molar-refractivity contribution in [2.24, 2.45) is 0 Å². The Morgan fingerprint density at radius 2 is 1.96 bits per heavy atom. The zero-order chi connectivity index (χ0) is 16.1. The molecule has 0 spiro atoms. The van der Waals surface area contributed by atoms with E-state index in [-0.39, 0.29) is 12.5 Å². The van der Waals surface area contributed by atoms with Gasteiger partial charge in [0.05, 0.1) is 5.69 Å². The van der Waals surface area contributed by atoms with Gasteiger partial charge in [-0.25, -0.2) is 0 Å². The Bertz CT molecular complexity index is 797. The average molecular weight is 307 g/mol. The molecule has 116 valence electrons. The molecule has 2 N–H and O–H groups in total. The van der Waals surface area contributed by atoms with Crippen LogP contribution < -0.4 is 10.1 Å². The van der Waals surface area contributed by atoms with Crippen LogP contribution in [0.25, 0.3) is 11.3 Å². The number of anilines is 1. The first-order valence-electron chi connectivity index (χ1n) is 7.31. The second kappa shape index (κ2) is 6.79. The Labute approximate surface area is 134 Å². The summed E-state index contributed by atoms with van der Waals surface area (Å²) in [6.45, 7) is 1.97. The van der Waals surface area contributed by atoms with Gasteiger partial charge in [-0.1, -0.05) is 42.0 Å². The monoisotopic (exact) mass is 307 g/mol. The van der Waals surface area contributed by atoms with Crippen LogP contribution in [0.1, 0.15) is 5.56 Å². The lowest BCUT2D eigenvalue weighted by Crippen LogP contribution is -2.20. The Hall–Kier alpha value is -3.08. The van der Waals surface area contributed by atoms with E-state index in [2.05, 4.69) is 21.6 Å². The summed E-state index contributed by atoms with van der Waals surface area (Å²) < 4.78 is 5.40. The standard InChI is InChI=1S/C18H17N3O2/c1-13-6-5-7-14(10-13)16-11-17(21-20-16)19-18(22)12-23-15-8-3-2-4-9-15/h2-11H,12H2,1H3,(H2,19,20,21,22). The molecule has 1 aromatic heterocycles. The first kappa shape index (κ1) is 14.8. The minimum Gasteiger partial charge on any atom is -0.484 e. The van der Waals surface area contributed by atoms with Gasteiger partial charge in [0.25, 0.3) is 5.91 Å². The molecule has 3 aromatic rings. The molecule has 0 unspecified atom stereocenters. The van der Waals surface area contributed by atoms with E-state index in [0.29, 0.717) is 11.6 Å². The van der Waals surface area contributed by atoms with Crippen LogP contribution >= 0.6 is 0 Å². The van der Waals surface area contributed by atoms with Crippen molar-refractivity contribution in [1.29, 1.82) is 0 Å². The van der Waals surface area contributed by atoms with Crippen molar-refractivity contribution in [2.45, 2.75) is 6.92 Å². The number of para-hydroxylation sites is 1. The van der Waals surface area contributed by atoms with E-state index in [0.717, 1.165) is 11.3 Å². The number of aromatic amines is 1. The zero-order valence-corrected chi connectivity index (χ0v) is 12.7. The summed E-state index contributed by atoms with van der Waals surface area (Å²) in [6.07, 6.45) is 0. The van der Waals surface area contributed by atoms with Crippen LogP contribution in [0.15, 0.2) is 60.7 Å². The summed E-state index contributed by atoms with van der Waals surface area (Å²) in [5.41, 5.74) is 3.05. The number of ether oxygens (including phenoxy) is 1. The number of nitrogens with zero attached hydrogens (tertiary/aromatic N) is 1. The highest BCUT2D eigenvalue weighted by Gasteiger charge is 2.08. The zero-order valence-electron chi connectivity index (χ0n) is 12.7. The summed E-state index contributed by atoms with van der Waals surface area (Å²) in [4.78, 5) is 11.9. The molecule has 23 heavy (non-hydrogen) atoms. The number of rotatable bonds is 5. The van der Waals surface area contributed by atoms with Gasteiger partial charge in [-0.05, 0) is 30.7 Å². The van der Waals surface area contributed by atoms with Crippen LogP contribution in [-0.4, -0.2) is 22.7 Å². The molecule has 0 atom stereocenters. The number of hydrogen-bond donors (Lipinski definition) is 2. The van der Waals surface area contributed by atoms with Crippen molar-refractivity contribution in [2.75, 3.05) is 11.9 Å². The normalized spacial score (nSPS) is 10.3. The molecule has 1 heterocycles. The van der Waals surface area contributed by atoms with Gasteiger partial charge in [-0.15, -0.1) is 0 Å². The lowest BCUT2D eigenvalue weighted by molar-refractivity contribution is -0.118. The third-order valence-electron chi connectivity index (χ3n) is 3.29. The van der Waals surface area contributed by atoms with Gasteiger partial charge in [0.2, 0.25) is 0 Å². The summed E-state index contributed by atoms with van der Waals surface area (Å²) in [7, 11) is 0. The predicted octanol–water partition coefficient (Wildman–Crippen LogP) is 3.40. The Balaban J connectivity index is 1.59. The van der Waals surface area contributed by atoms with Crippen LogP contribution in [0.2, 0.25) is 0 Å².